The van der Waals surface area contributed by atoms with Crippen LogP contribution in [0.2, 0.25) is 0 Å². The van der Waals surface area contributed by atoms with Crippen LogP contribution in [0.5, 0.6) is 0 Å². The molecule has 0 heterocycles. The molecule has 0 bridgehead atoms. The maximum atomic E-state index is 8.44. The van der Waals surface area contributed by atoms with Crippen molar-refractivity contribution in [2.45, 2.75) is 6.92 Å². The average Bonchev–Trinajstić information content (AvgIpc) is 1.83. The highest BCUT2D eigenvalue weighted by Gasteiger charge is 1.80. The molecule has 8 heavy (non-hydrogen) atoms. The van der Waals surface area contributed by atoms with Crippen LogP contribution in [0.1, 0.15) is 6.92 Å². The SMILES string of the molecule is COC/C=C(/C)CO. The second-order valence-corrected chi connectivity index (χ2v) is 1.66. The van der Waals surface area contributed by atoms with Crippen molar-refractivity contribution in [1.82, 2.24) is 0 Å². The van der Waals surface area contributed by atoms with E-state index in [0.29, 0.717) is 6.61 Å². The number of ether oxygens (including phenoxy) is 1. The third kappa shape index (κ3) is 3.84. The predicted molar refractivity (Wildman–Crippen MR) is 32.7 cm³/mol. The Labute approximate surface area is 49.8 Å². The molecule has 0 fully saturated rings. The van der Waals surface area contributed by atoms with Crippen LogP contribution in [0, 0.1) is 0 Å². The summed E-state index contributed by atoms with van der Waals surface area (Å²) in [7, 11) is 1.63. The van der Waals surface area contributed by atoms with E-state index in [-0.39, 0.29) is 6.61 Å². The Balaban J connectivity index is 3.26. The smallest absolute Gasteiger partial charge is 0.0647 e. The van der Waals surface area contributed by atoms with Crippen LogP contribution in [-0.2, 0) is 4.74 Å². The van der Waals surface area contributed by atoms with Crippen LogP contribution in [0.15, 0.2) is 11.6 Å². The van der Waals surface area contributed by atoms with Gasteiger partial charge in [0.15, 0.2) is 0 Å². The van der Waals surface area contributed by atoms with Crippen LogP contribution in [0.4, 0.5) is 0 Å². The monoisotopic (exact) mass is 116 g/mol. The summed E-state index contributed by atoms with van der Waals surface area (Å²) in [5.74, 6) is 0. The Morgan fingerprint density at radius 2 is 2.38 bits per heavy atom. The van der Waals surface area contributed by atoms with Crippen molar-refractivity contribution in [3.63, 3.8) is 0 Å². The molecule has 0 amide bonds. The van der Waals surface area contributed by atoms with Crippen molar-refractivity contribution in [3.05, 3.63) is 11.6 Å². The number of hydrogen-bond donors (Lipinski definition) is 1. The van der Waals surface area contributed by atoms with Crippen LogP contribution >= 0.6 is 0 Å². The summed E-state index contributed by atoms with van der Waals surface area (Å²) in [6, 6.07) is 0. The van der Waals surface area contributed by atoms with E-state index in [0.717, 1.165) is 5.57 Å². The van der Waals surface area contributed by atoms with Gasteiger partial charge in [0, 0.05) is 7.11 Å². The molecular formula is C6H12O2. The van der Waals surface area contributed by atoms with E-state index in [1.165, 1.54) is 0 Å². The molecule has 1 N–H and O–H groups in total. The molecule has 0 rings (SSSR count). The summed E-state index contributed by atoms with van der Waals surface area (Å²) < 4.78 is 4.73. The van der Waals surface area contributed by atoms with Crippen molar-refractivity contribution in [2.75, 3.05) is 20.3 Å². The minimum atomic E-state index is 0.128. The number of aliphatic hydroxyl groups is 1. The first kappa shape index (κ1) is 7.66. The Hall–Kier alpha value is -0.340. The zero-order valence-electron chi connectivity index (χ0n) is 5.35. The highest BCUT2D eigenvalue weighted by molar-refractivity contribution is 4.97. The summed E-state index contributed by atoms with van der Waals surface area (Å²) in [4.78, 5) is 0. The molecule has 2 heteroatoms. The highest BCUT2D eigenvalue weighted by atomic mass is 16.5. The van der Waals surface area contributed by atoms with E-state index in [1.54, 1.807) is 7.11 Å². The molecular weight excluding hydrogens is 104 g/mol. The molecule has 0 unspecified atom stereocenters. The Bertz CT molecular complexity index is 76.6. The topological polar surface area (TPSA) is 29.5 Å². The van der Waals surface area contributed by atoms with Gasteiger partial charge in [-0.15, -0.1) is 0 Å². The van der Waals surface area contributed by atoms with E-state index in [4.69, 9.17) is 9.84 Å². The van der Waals surface area contributed by atoms with Gasteiger partial charge in [-0.3, -0.25) is 0 Å². The molecule has 48 valence electrons. The van der Waals surface area contributed by atoms with Gasteiger partial charge in [0.1, 0.15) is 0 Å². The minimum Gasteiger partial charge on any atom is -0.392 e. The lowest BCUT2D eigenvalue weighted by atomic mass is 10.3. The molecule has 0 aliphatic rings. The van der Waals surface area contributed by atoms with Gasteiger partial charge in [-0.25, -0.2) is 0 Å². The molecule has 2 nitrogen and oxygen atoms in total. The van der Waals surface area contributed by atoms with Crippen LogP contribution in [0.3, 0.4) is 0 Å². The van der Waals surface area contributed by atoms with Crippen molar-refractivity contribution in [1.29, 1.82) is 0 Å². The first-order valence-corrected chi connectivity index (χ1v) is 2.56. The van der Waals surface area contributed by atoms with Crippen molar-refractivity contribution in [3.8, 4) is 0 Å². The van der Waals surface area contributed by atoms with E-state index < -0.39 is 0 Å². The predicted octanol–water partition coefficient (Wildman–Crippen LogP) is 0.571. The number of methoxy groups -OCH3 is 1. The first-order valence-electron chi connectivity index (χ1n) is 2.56. The molecule has 0 aliphatic heterocycles. The fourth-order valence-corrected chi connectivity index (χ4v) is 0.290. The highest BCUT2D eigenvalue weighted by Crippen LogP contribution is 1.87. The van der Waals surface area contributed by atoms with Gasteiger partial charge in [-0.05, 0) is 12.5 Å². The normalized spacial score (nSPS) is 12.1. The molecule has 0 radical (unpaired) electrons. The zero-order valence-corrected chi connectivity index (χ0v) is 5.35. The third-order valence-corrected chi connectivity index (χ3v) is 0.848. The largest absolute Gasteiger partial charge is 0.392 e. The quantitative estimate of drug-likeness (QED) is 0.546. The van der Waals surface area contributed by atoms with Crippen LogP contribution in [0.25, 0.3) is 0 Å². The summed E-state index contributed by atoms with van der Waals surface area (Å²) in [5.41, 5.74) is 0.951. The van der Waals surface area contributed by atoms with Gasteiger partial charge >= 0.3 is 0 Å². The second kappa shape index (κ2) is 4.81. The Kier molecular flexibility index (Phi) is 4.61. The maximum absolute atomic E-state index is 8.44. The van der Waals surface area contributed by atoms with Crippen LogP contribution in [-0.4, -0.2) is 25.4 Å². The van der Waals surface area contributed by atoms with Gasteiger partial charge < -0.3 is 9.84 Å². The van der Waals surface area contributed by atoms with Gasteiger partial charge in [0.05, 0.1) is 13.2 Å². The molecule has 0 aromatic rings. The minimum absolute atomic E-state index is 0.128. The standard InChI is InChI=1S/C6H12O2/c1-6(5-7)3-4-8-2/h3,7H,4-5H2,1-2H3/b6-3-. The second-order valence-electron chi connectivity index (χ2n) is 1.66. The van der Waals surface area contributed by atoms with E-state index in [2.05, 4.69) is 0 Å². The third-order valence-electron chi connectivity index (χ3n) is 0.848. The van der Waals surface area contributed by atoms with Gasteiger partial charge in [-0.2, -0.15) is 0 Å². The fraction of sp³-hybridized carbons (Fsp3) is 0.667. The zero-order chi connectivity index (χ0) is 6.41. The lowest BCUT2D eigenvalue weighted by Crippen LogP contribution is -1.88. The van der Waals surface area contributed by atoms with Crippen molar-refractivity contribution >= 4 is 0 Å². The van der Waals surface area contributed by atoms with Gasteiger partial charge in [0.2, 0.25) is 0 Å². The van der Waals surface area contributed by atoms with Crippen LogP contribution < -0.4 is 0 Å². The number of hydrogen-bond acceptors (Lipinski definition) is 2. The van der Waals surface area contributed by atoms with E-state index >= 15 is 0 Å². The number of rotatable bonds is 3. The maximum Gasteiger partial charge on any atom is 0.0647 e. The molecule has 0 saturated carbocycles. The lowest BCUT2D eigenvalue weighted by molar-refractivity contribution is 0.231. The molecule has 0 aromatic heterocycles. The lowest BCUT2D eigenvalue weighted by Gasteiger charge is -1.92. The first-order chi connectivity index (χ1) is 3.81. The van der Waals surface area contributed by atoms with E-state index in [9.17, 15) is 0 Å². The summed E-state index contributed by atoms with van der Waals surface area (Å²) in [5, 5.41) is 8.44. The number of aliphatic hydroxyl groups excluding tert-OH is 1. The Morgan fingerprint density at radius 3 is 2.75 bits per heavy atom. The summed E-state index contributed by atoms with van der Waals surface area (Å²) >= 11 is 0. The van der Waals surface area contributed by atoms with Gasteiger partial charge in [-0.1, -0.05) is 6.08 Å². The summed E-state index contributed by atoms with van der Waals surface area (Å²) in [6.45, 7) is 2.58. The summed E-state index contributed by atoms with van der Waals surface area (Å²) in [6.07, 6.45) is 1.85. The van der Waals surface area contributed by atoms with E-state index in [1.807, 2.05) is 13.0 Å². The van der Waals surface area contributed by atoms with Gasteiger partial charge in [0.25, 0.3) is 0 Å². The molecule has 0 aromatic carbocycles. The molecule has 0 aliphatic carbocycles. The fourth-order valence-electron chi connectivity index (χ4n) is 0.290. The molecule has 0 saturated heterocycles. The molecule has 0 atom stereocenters. The Morgan fingerprint density at radius 1 is 1.75 bits per heavy atom. The van der Waals surface area contributed by atoms with Crippen molar-refractivity contribution < 1.29 is 9.84 Å². The average molecular weight is 116 g/mol. The van der Waals surface area contributed by atoms with Crippen molar-refractivity contribution in [2.24, 2.45) is 0 Å². The molecule has 0 spiro atoms.